The Bertz CT molecular complexity index is 392. The second-order valence-corrected chi connectivity index (χ2v) is 9.34. The van der Waals surface area contributed by atoms with E-state index in [0.29, 0.717) is 6.42 Å². The van der Waals surface area contributed by atoms with Gasteiger partial charge >= 0.3 is 5.97 Å². The van der Waals surface area contributed by atoms with Crippen LogP contribution in [0.2, 0.25) is 0 Å². The van der Waals surface area contributed by atoms with Crippen molar-refractivity contribution in [3.05, 3.63) is 12.2 Å². The first kappa shape index (κ1) is 29.2. The van der Waals surface area contributed by atoms with Crippen LogP contribution in [0.4, 0.5) is 0 Å². The lowest BCUT2D eigenvalue weighted by Gasteiger charge is -2.24. The van der Waals surface area contributed by atoms with Crippen molar-refractivity contribution >= 4 is 5.97 Å². The van der Waals surface area contributed by atoms with Gasteiger partial charge in [-0.25, -0.2) is 0 Å². The minimum absolute atomic E-state index is 0.329. The number of hydrogen-bond donors (Lipinski definition) is 1. The maximum atomic E-state index is 10.4. The van der Waals surface area contributed by atoms with Crippen molar-refractivity contribution in [2.24, 2.45) is 0 Å². The molecule has 0 aromatic carbocycles. The molecular weight excluding hydrogens is 370 g/mol. The summed E-state index contributed by atoms with van der Waals surface area (Å²) in [7, 11) is 4.50. The van der Waals surface area contributed by atoms with Crippen LogP contribution in [0.15, 0.2) is 12.2 Å². The first-order valence-electron chi connectivity index (χ1n) is 13.1. The van der Waals surface area contributed by atoms with Gasteiger partial charge in [-0.05, 0) is 59.0 Å². The number of allylic oxidation sites excluding steroid dienone is 2. The molecule has 0 radical (unpaired) electrons. The van der Waals surface area contributed by atoms with Crippen LogP contribution in [0, 0.1) is 0 Å². The van der Waals surface area contributed by atoms with Crippen LogP contribution in [0.25, 0.3) is 0 Å². The second-order valence-electron chi connectivity index (χ2n) is 9.34. The molecule has 3 nitrogen and oxygen atoms in total. The normalized spacial score (nSPS) is 12.8. The minimum atomic E-state index is -0.663. The van der Waals surface area contributed by atoms with E-state index in [1.54, 1.807) is 0 Å². The molecule has 0 aliphatic heterocycles. The highest BCUT2D eigenvalue weighted by molar-refractivity contribution is 5.66. The highest BCUT2D eigenvalue weighted by Crippen LogP contribution is 2.17. The first-order valence-corrected chi connectivity index (χ1v) is 13.1. The Hall–Kier alpha value is -0.830. The van der Waals surface area contributed by atoms with Gasteiger partial charge in [0.2, 0.25) is 0 Å². The summed E-state index contributed by atoms with van der Waals surface area (Å²) in [6, 6.07) is 0.789. The summed E-state index contributed by atoms with van der Waals surface area (Å²) in [4.78, 5) is 12.9. The lowest BCUT2D eigenvalue weighted by molar-refractivity contribution is -0.137. The fourth-order valence-corrected chi connectivity index (χ4v) is 4.12. The van der Waals surface area contributed by atoms with Gasteiger partial charge in [-0.15, -0.1) is 0 Å². The molecule has 0 amide bonds. The van der Waals surface area contributed by atoms with Gasteiger partial charge in [0, 0.05) is 12.5 Å². The smallest absolute Gasteiger partial charge is 0.303 e. The van der Waals surface area contributed by atoms with Crippen molar-refractivity contribution in [3.8, 4) is 0 Å². The van der Waals surface area contributed by atoms with Crippen molar-refractivity contribution in [1.29, 1.82) is 0 Å². The number of carboxylic acid groups (broad SMARTS) is 1. The molecule has 0 fully saturated rings. The number of nitrogens with zero attached hydrogens (tertiary/aromatic N) is 1. The standard InChI is InChI=1S/C27H53NO2/c1-4-5-6-20-23-26(28(2)3)24-21-18-16-14-12-10-8-7-9-11-13-15-17-19-22-25-27(29)30/h7,9,26H,4-6,8,10-25H2,1-3H3,(H,29,30)/b9-7-. The number of unbranched alkanes of at least 4 members (excludes halogenated alkanes) is 14. The van der Waals surface area contributed by atoms with E-state index in [1.807, 2.05) is 0 Å². The van der Waals surface area contributed by atoms with E-state index in [2.05, 4.69) is 38.1 Å². The average Bonchev–Trinajstić information content (AvgIpc) is 2.71. The molecule has 1 unspecified atom stereocenters. The summed E-state index contributed by atoms with van der Waals surface area (Å²) in [6.07, 6.45) is 29.6. The highest BCUT2D eigenvalue weighted by Gasteiger charge is 2.10. The van der Waals surface area contributed by atoms with Gasteiger partial charge in [0.15, 0.2) is 0 Å². The van der Waals surface area contributed by atoms with E-state index in [9.17, 15) is 4.79 Å². The Kier molecular flexibility index (Phi) is 22.2. The zero-order valence-electron chi connectivity index (χ0n) is 20.7. The summed E-state index contributed by atoms with van der Waals surface area (Å²) >= 11 is 0. The van der Waals surface area contributed by atoms with Crippen molar-refractivity contribution in [2.75, 3.05) is 14.1 Å². The molecule has 0 heterocycles. The number of aliphatic carboxylic acids is 1. The fourth-order valence-electron chi connectivity index (χ4n) is 4.12. The molecule has 0 rings (SSSR count). The van der Waals surface area contributed by atoms with E-state index in [0.717, 1.165) is 18.9 Å². The van der Waals surface area contributed by atoms with Crippen LogP contribution in [-0.4, -0.2) is 36.1 Å². The fraction of sp³-hybridized carbons (Fsp3) is 0.889. The molecule has 0 aliphatic carbocycles. The van der Waals surface area contributed by atoms with Gasteiger partial charge in [0.25, 0.3) is 0 Å². The molecule has 0 bridgehead atoms. The topological polar surface area (TPSA) is 40.5 Å². The molecule has 3 heteroatoms. The van der Waals surface area contributed by atoms with Crippen LogP contribution < -0.4 is 0 Å². The third-order valence-electron chi connectivity index (χ3n) is 6.21. The van der Waals surface area contributed by atoms with Crippen LogP contribution in [-0.2, 0) is 4.79 Å². The number of carbonyl (C=O) groups is 1. The van der Waals surface area contributed by atoms with Crippen molar-refractivity contribution in [3.63, 3.8) is 0 Å². The molecular formula is C27H53NO2. The molecule has 0 aromatic rings. The molecule has 1 atom stereocenters. The maximum absolute atomic E-state index is 10.4. The van der Waals surface area contributed by atoms with Crippen LogP contribution >= 0.6 is 0 Å². The largest absolute Gasteiger partial charge is 0.481 e. The molecule has 0 aliphatic rings. The zero-order chi connectivity index (χ0) is 22.3. The van der Waals surface area contributed by atoms with Gasteiger partial charge in [-0.2, -0.15) is 0 Å². The van der Waals surface area contributed by atoms with Crippen molar-refractivity contribution in [1.82, 2.24) is 4.90 Å². The SMILES string of the molecule is CCCCCCC(CCCCCCCC/C=C\CCCCCCCC(=O)O)N(C)C. The van der Waals surface area contributed by atoms with E-state index in [1.165, 1.54) is 109 Å². The van der Waals surface area contributed by atoms with Gasteiger partial charge in [0.05, 0.1) is 0 Å². The Balaban J connectivity index is 3.38. The monoisotopic (exact) mass is 423 g/mol. The van der Waals surface area contributed by atoms with Gasteiger partial charge in [-0.1, -0.05) is 96.1 Å². The lowest BCUT2D eigenvalue weighted by Crippen LogP contribution is -2.27. The quantitative estimate of drug-likeness (QED) is 0.132. The number of rotatable bonds is 23. The van der Waals surface area contributed by atoms with E-state index >= 15 is 0 Å². The molecule has 30 heavy (non-hydrogen) atoms. The van der Waals surface area contributed by atoms with Crippen LogP contribution in [0.3, 0.4) is 0 Å². The molecule has 0 saturated heterocycles. The Labute approximate surface area is 188 Å². The zero-order valence-corrected chi connectivity index (χ0v) is 20.7. The summed E-state index contributed by atoms with van der Waals surface area (Å²) < 4.78 is 0. The molecule has 0 saturated carbocycles. The highest BCUT2D eigenvalue weighted by atomic mass is 16.4. The minimum Gasteiger partial charge on any atom is -0.481 e. The van der Waals surface area contributed by atoms with E-state index in [-0.39, 0.29) is 0 Å². The maximum Gasteiger partial charge on any atom is 0.303 e. The molecule has 0 spiro atoms. The third kappa shape index (κ3) is 21.9. The molecule has 1 N–H and O–H groups in total. The van der Waals surface area contributed by atoms with Crippen molar-refractivity contribution < 1.29 is 9.90 Å². The van der Waals surface area contributed by atoms with Gasteiger partial charge in [-0.3, -0.25) is 4.79 Å². The van der Waals surface area contributed by atoms with Crippen LogP contribution in [0.1, 0.15) is 135 Å². The predicted octanol–water partition coefficient (Wildman–Crippen LogP) is 8.38. The number of carboxylic acids is 1. The third-order valence-corrected chi connectivity index (χ3v) is 6.21. The Morgan fingerprint density at radius 1 is 0.700 bits per heavy atom. The summed E-state index contributed by atoms with van der Waals surface area (Å²) in [5.41, 5.74) is 0. The summed E-state index contributed by atoms with van der Waals surface area (Å²) in [5, 5.41) is 8.60. The summed E-state index contributed by atoms with van der Waals surface area (Å²) in [5.74, 6) is -0.663. The summed E-state index contributed by atoms with van der Waals surface area (Å²) in [6.45, 7) is 2.29. The Morgan fingerprint density at radius 3 is 1.60 bits per heavy atom. The first-order chi connectivity index (χ1) is 14.6. The second kappa shape index (κ2) is 22.8. The average molecular weight is 424 g/mol. The lowest BCUT2D eigenvalue weighted by atomic mass is 9.99. The predicted molar refractivity (Wildman–Crippen MR) is 132 cm³/mol. The number of hydrogen-bond acceptors (Lipinski definition) is 2. The molecule has 178 valence electrons. The molecule has 0 aromatic heterocycles. The van der Waals surface area contributed by atoms with E-state index in [4.69, 9.17) is 5.11 Å². The van der Waals surface area contributed by atoms with E-state index < -0.39 is 5.97 Å². The Morgan fingerprint density at radius 2 is 1.13 bits per heavy atom. The van der Waals surface area contributed by atoms with Gasteiger partial charge in [0.1, 0.15) is 0 Å². The van der Waals surface area contributed by atoms with Crippen molar-refractivity contribution in [2.45, 2.75) is 141 Å². The van der Waals surface area contributed by atoms with Gasteiger partial charge < -0.3 is 10.0 Å². The van der Waals surface area contributed by atoms with Crippen LogP contribution in [0.5, 0.6) is 0 Å².